The number of phenolic OH excluding ortho intramolecular Hbond substituents is 1. The fourth-order valence-corrected chi connectivity index (χ4v) is 2.83. The van der Waals surface area contributed by atoms with Crippen molar-refractivity contribution in [1.82, 2.24) is 10.2 Å². The Kier molecular flexibility index (Phi) is 5.67. The van der Waals surface area contributed by atoms with Crippen molar-refractivity contribution in [3.63, 3.8) is 0 Å². The molecule has 0 aromatic heterocycles. The molecule has 6 nitrogen and oxygen atoms in total. The van der Waals surface area contributed by atoms with E-state index in [1.54, 1.807) is 26.4 Å². The molecule has 6 heteroatoms. The van der Waals surface area contributed by atoms with Crippen molar-refractivity contribution in [3.05, 3.63) is 17.7 Å². The molecule has 0 spiro atoms. The van der Waals surface area contributed by atoms with E-state index in [1.807, 2.05) is 0 Å². The van der Waals surface area contributed by atoms with E-state index in [-0.39, 0.29) is 18.4 Å². The lowest BCUT2D eigenvalue weighted by Gasteiger charge is -2.35. The molecule has 3 N–H and O–H groups in total. The van der Waals surface area contributed by atoms with Gasteiger partial charge >= 0.3 is 0 Å². The Balaban J connectivity index is 2.38. The number of piperazine rings is 1. The number of methoxy groups -OCH3 is 2. The van der Waals surface area contributed by atoms with Crippen LogP contribution >= 0.6 is 0 Å². The summed E-state index contributed by atoms with van der Waals surface area (Å²) in [6, 6.07) is 3.28. The van der Waals surface area contributed by atoms with Crippen LogP contribution in [-0.4, -0.2) is 62.1 Å². The van der Waals surface area contributed by atoms with Crippen LogP contribution < -0.4 is 14.8 Å². The fraction of sp³-hybridized carbons (Fsp3) is 0.600. The second-order valence-corrected chi connectivity index (χ2v) is 5.08. The van der Waals surface area contributed by atoms with Gasteiger partial charge in [0.2, 0.25) is 0 Å². The third-order valence-electron chi connectivity index (χ3n) is 3.88. The highest BCUT2D eigenvalue weighted by atomic mass is 16.5. The first-order chi connectivity index (χ1) is 10.2. The Morgan fingerprint density at radius 1 is 1.24 bits per heavy atom. The van der Waals surface area contributed by atoms with Gasteiger partial charge in [-0.05, 0) is 6.42 Å². The minimum absolute atomic E-state index is 0.0587. The number of hydrogen-bond donors (Lipinski definition) is 3. The lowest BCUT2D eigenvalue weighted by Crippen LogP contribution is -2.45. The second-order valence-electron chi connectivity index (χ2n) is 5.08. The summed E-state index contributed by atoms with van der Waals surface area (Å²) in [7, 11) is 3.13. The molecule has 1 aliphatic rings. The molecule has 2 rings (SSSR count). The molecule has 1 aromatic carbocycles. The quantitative estimate of drug-likeness (QED) is 0.719. The smallest absolute Gasteiger partial charge is 0.131 e. The van der Waals surface area contributed by atoms with Crippen LogP contribution in [0.3, 0.4) is 0 Å². The van der Waals surface area contributed by atoms with Crippen LogP contribution in [-0.2, 0) is 0 Å². The number of hydrogen-bond acceptors (Lipinski definition) is 6. The SMILES string of the molecule is COc1cc(O)c([C@H](CCO)N2CCNCC2)c(OC)c1. The van der Waals surface area contributed by atoms with E-state index in [0.29, 0.717) is 23.5 Å². The highest BCUT2D eigenvalue weighted by Gasteiger charge is 2.27. The monoisotopic (exact) mass is 296 g/mol. The van der Waals surface area contributed by atoms with Crippen molar-refractivity contribution in [2.45, 2.75) is 12.5 Å². The number of phenols is 1. The minimum atomic E-state index is -0.0713. The first-order valence-corrected chi connectivity index (χ1v) is 7.21. The van der Waals surface area contributed by atoms with Crippen LogP contribution in [0.25, 0.3) is 0 Å². The molecule has 0 bridgehead atoms. The topological polar surface area (TPSA) is 74.2 Å². The van der Waals surface area contributed by atoms with E-state index in [0.717, 1.165) is 26.2 Å². The zero-order chi connectivity index (χ0) is 15.2. The number of rotatable bonds is 6. The van der Waals surface area contributed by atoms with Crippen molar-refractivity contribution in [3.8, 4) is 17.2 Å². The Morgan fingerprint density at radius 2 is 1.95 bits per heavy atom. The van der Waals surface area contributed by atoms with Crippen LogP contribution in [0, 0.1) is 0 Å². The van der Waals surface area contributed by atoms with E-state index >= 15 is 0 Å². The Labute approximate surface area is 125 Å². The molecule has 1 heterocycles. The van der Waals surface area contributed by atoms with E-state index < -0.39 is 0 Å². The molecule has 0 saturated carbocycles. The average Bonchev–Trinajstić information content (AvgIpc) is 2.53. The van der Waals surface area contributed by atoms with Crippen LogP contribution in [0.15, 0.2) is 12.1 Å². The zero-order valence-corrected chi connectivity index (χ0v) is 12.6. The van der Waals surface area contributed by atoms with Crippen LogP contribution in [0.4, 0.5) is 0 Å². The summed E-state index contributed by atoms with van der Waals surface area (Å²) < 4.78 is 10.6. The lowest BCUT2D eigenvalue weighted by atomic mass is 9.98. The normalized spacial score (nSPS) is 17.5. The zero-order valence-electron chi connectivity index (χ0n) is 12.6. The van der Waals surface area contributed by atoms with Gasteiger partial charge in [-0.3, -0.25) is 4.90 Å². The van der Waals surface area contributed by atoms with Crippen LogP contribution in [0.1, 0.15) is 18.0 Å². The summed E-state index contributed by atoms with van der Waals surface area (Å²) in [5.74, 6) is 1.28. The first kappa shape index (κ1) is 15.9. The van der Waals surface area contributed by atoms with Gasteiger partial charge in [-0.1, -0.05) is 0 Å². The molecular weight excluding hydrogens is 272 g/mol. The molecular formula is C15H24N2O4. The first-order valence-electron chi connectivity index (χ1n) is 7.21. The highest BCUT2D eigenvalue weighted by Crippen LogP contribution is 2.41. The Morgan fingerprint density at radius 3 is 2.52 bits per heavy atom. The van der Waals surface area contributed by atoms with E-state index in [2.05, 4.69) is 10.2 Å². The maximum atomic E-state index is 10.4. The number of aliphatic hydroxyl groups is 1. The summed E-state index contributed by atoms with van der Waals surface area (Å²) in [5.41, 5.74) is 0.717. The number of benzene rings is 1. The van der Waals surface area contributed by atoms with Crippen molar-refractivity contribution in [2.24, 2.45) is 0 Å². The number of aliphatic hydroxyl groups excluding tert-OH is 1. The number of nitrogens with one attached hydrogen (secondary N) is 1. The van der Waals surface area contributed by atoms with Crippen LogP contribution in [0.2, 0.25) is 0 Å². The molecule has 0 unspecified atom stereocenters. The van der Waals surface area contributed by atoms with Gasteiger partial charge in [0.05, 0.1) is 19.8 Å². The molecule has 1 aromatic rings. The Hall–Kier alpha value is -1.50. The number of ether oxygens (including phenoxy) is 2. The van der Waals surface area contributed by atoms with Crippen LogP contribution in [0.5, 0.6) is 17.2 Å². The second kappa shape index (κ2) is 7.49. The summed E-state index contributed by atoms with van der Waals surface area (Å²) >= 11 is 0. The minimum Gasteiger partial charge on any atom is -0.507 e. The van der Waals surface area contributed by atoms with E-state index in [1.165, 1.54) is 0 Å². The van der Waals surface area contributed by atoms with Gasteiger partial charge in [0.15, 0.2) is 0 Å². The molecule has 1 atom stereocenters. The number of nitrogens with zero attached hydrogens (tertiary/aromatic N) is 1. The van der Waals surface area contributed by atoms with Gasteiger partial charge < -0.3 is 25.0 Å². The van der Waals surface area contributed by atoms with Crippen molar-refractivity contribution >= 4 is 0 Å². The molecule has 118 valence electrons. The van der Waals surface area contributed by atoms with E-state index in [9.17, 15) is 10.2 Å². The van der Waals surface area contributed by atoms with Gasteiger partial charge in [-0.2, -0.15) is 0 Å². The van der Waals surface area contributed by atoms with E-state index in [4.69, 9.17) is 9.47 Å². The Bertz CT molecular complexity index is 461. The molecule has 1 saturated heterocycles. The van der Waals surface area contributed by atoms with Gasteiger partial charge in [0.25, 0.3) is 0 Å². The predicted octanol–water partition coefficient (Wildman–Crippen LogP) is 0.738. The molecule has 0 amide bonds. The largest absolute Gasteiger partial charge is 0.507 e. The fourth-order valence-electron chi connectivity index (χ4n) is 2.83. The van der Waals surface area contributed by atoms with Gasteiger partial charge in [0.1, 0.15) is 17.2 Å². The molecule has 0 radical (unpaired) electrons. The summed E-state index contributed by atoms with van der Waals surface area (Å²) in [6.45, 7) is 3.62. The lowest BCUT2D eigenvalue weighted by molar-refractivity contribution is 0.136. The average molecular weight is 296 g/mol. The predicted molar refractivity (Wildman–Crippen MR) is 80.1 cm³/mol. The molecule has 1 aliphatic heterocycles. The van der Waals surface area contributed by atoms with Gasteiger partial charge in [0, 0.05) is 51.0 Å². The maximum Gasteiger partial charge on any atom is 0.131 e. The molecule has 1 fully saturated rings. The van der Waals surface area contributed by atoms with Crippen molar-refractivity contribution < 1.29 is 19.7 Å². The summed E-state index contributed by atoms with van der Waals surface area (Å²) in [5, 5.41) is 23.1. The molecule has 21 heavy (non-hydrogen) atoms. The highest BCUT2D eigenvalue weighted by molar-refractivity contribution is 5.51. The third kappa shape index (κ3) is 3.58. The molecule has 0 aliphatic carbocycles. The van der Waals surface area contributed by atoms with Gasteiger partial charge in [-0.15, -0.1) is 0 Å². The maximum absolute atomic E-state index is 10.4. The standard InChI is InChI=1S/C15H24N2O4/c1-20-11-9-13(19)15(14(10-11)21-2)12(3-8-18)17-6-4-16-5-7-17/h9-10,12,16,18-19H,3-8H2,1-2H3/t12-/m0/s1. The summed E-state index contributed by atoms with van der Waals surface area (Å²) in [6.07, 6.45) is 0.552. The van der Waals surface area contributed by atoms with Gasteiger partial charge in [-0.25, -0.2) is 0 Å². The number of aromatic hydroxyl groups is 1. The van der Waals surface area contributed by atoms with Crippen molar-refractivity contribution in [1.29, 1.82) is 0 Å². The summed E-state index contributed by atoms with van der Waals surface area (Å²) in [4.78, 5) is 2.26. The third-order valence-corrected chi connectivity index (χ3v) is 3.88. The van der Waals surface area contributed by atoms with Crippen molar-refractivity contribution in [2.75, 3.05) is 47.0 Å².